The predicted molar refractivity (Wildman–Crippen MR) is 222 cm³/mol. The average molecular weight is 690 g/mol. The van der Waals surface area contributed by atoms with Crippen LogP contribution in [-0.2, 0) is 0 Å². The molecule has 0 fully saturated rings. The van der Waals surface area contributed by atoms with Crippen molar-refractivity contribution < 1.29 is 0 Å². The molecule has 0 aliphatic rings. The van der Waals surface area contributed by atoms with Crippen LogP contribution >= 0.6 is 0 Å². The molecule has 0 radical (unpaired) electrons. The largest absolute Gasteiger partial charge is 0.279 e. The maximum Gasteiger partial charge on any atom is 0.221 e. The Bertz CT molecular complexity index is 3140. The molecule has 5 heteroatoms. The minimum absolute atomic E-state index is 0.820. The molecule has 0 aliphatic heterocycles. The van der Waals surface area contributed by atoms with E-state index in [1.165, 1.54) is 16.3 Å². The molecule has 0 N–H and O–H groups in total. The van der Waals surface area contributed by atoms with E-state index < -0.39 is 0 Å². The standard InChI is InChI=1S/C49H31N5/c1-3-13-32(14-4-1)37-30-43(34-15-5-2-6-16-34)50-44(31-37)35-25-23-33(24-26-35)36-27-28-46-40(29-36)38-17-8-11-21-45(38)53(46)49-52-41-19-9-7-18-39(41)48-51-42-20-10-12-22-47(42)54(48)49/h1-31H. The predicted octanol–water partition coefficient (Wildman–Crippen LogP) is 12.2. The molecule has 0 bridgehead atoms. The molecule has 4 aromatic heterocycles. The molecule has 0 saturated carbocycles. The maximum absolute atomic E-state index is 5.32. The molecule has 0 unspecified atom stereocenters. The van der Waals surface area contributed by atoms with Gasteiger partial charge in [-0.15, -0.1) is 0 Å². The Kier molecular flexibility index (Phi) is 6.79. The highest BCUT2D eigenvalue weighted by Crippen LogP contribution is 2.37. The number of nitrogens with zero attached hydrogens (tertiary/aromatic N) is 5. The zero-order valence-electron chi connectivity index (χ0n) is 29.1. The van der Waals surface area contributed by atoms with Gasteiger partial charge < -0.3 is 0 Å². The van der Waals surface area contributed by atoms with Crippen molar-refractivity contribution in [3.05, 3.63) is 188 Å². The van der Waals surface area contributed by atoms with E-state index in [-0.39, 0.29) is 0 Å². The Balaban J connectivity index is 1.05. The number of imidazole rings is 1. The van der Waals surface area contributed by atoms with Crippen LogP contribution in [0, 0.1) is 0 Å². The summed E-state index contributed by atoms with van der Waals surface area (Å²) < 4.78 is 4.50. The molecular weight excluding hydrogens is 659 g/mol. The van der Waals surface area contributed by atoms with E-state index in [4.69, 9.17) is 15.0 Å². The third kappa shape index (κ3) is 4.83. The van der Waals surface area contributed by atoms with Gasteiger partial charge >= 0.3 is 0 Å². The van der Waals surface area contributed by atoms with Gasteiger partial charge in [-0.25, -0.2) is 15.0 Å². The number of rotatable bonds is 5. The van der Waals surface area contributed by atoms with E-state index in [0.717, 1.165) is 83.8 Å². The number of hydrogen-bond donors (Lipinski definition) is 0. The molecule has 0 saturated heterocycles. The molecule has 11 rings (SSSR count). The zero-order chi connectivity index (χ0) is 35.6. The zero-order valence-corrected chi connectivity index (χ0v) is 29.1. The van der Waals surface area contributed by atoms with Crippen molar-refractivity contribution in [3.63, 3.8) is 0 Å². The van der Waals surface area contributed by atoms with Crippen LogP contribution in [0.25, 0.3) is 100 Å². The van der Waals surface area contributed by atoms with Crippen molar-refractivity contribution in [2.75, 3.05) is 0 Å². The van der Waals surface area contributed by atoms with Gasteiger partial charge in [-0.2, -0.15) is 0 Å². The van der Waals surface area contributed by atoms with Crippen molar-refractivity contribution in [2.24, 2.45) is 0 Å². The van der Waals surface area contributed by atoms with Crippen LogP contribution in [0.1, 0.15) is 0 Å². The van der Waals surface area contributed by atoms with Gasteiger partial charge in [-0.05, 0) is 76.9 Å². The molecule has 11 aromatic rings. The summed E-state index contributed by atoms with van der Waals surface area (Å²) >= 11 is 0. The molecule has 252 valence electrons. The first-order chi connectivity index (χ1) is 26.8. The van der Waals surface area contributed by atoms with Gasteiger partial charge in [0.1, 0.15) is 5.65 Å². The monoisotopic (exact) mass is 689 g/mol. The maximum atomic E-state index is 5.32. The number of hydrogen-bond acceptors (Lipinski definition) is 3. The lowest BCUT2D eigenvalue weighted by Crippen LogP contribution is -2.06. The number of benzene rings is 7. The minimum Gasteiger partial charge on any atom is -0.279 e. The normalized spacial score (nSPS) is 11.7. The molecule has 0 aliphatic carbocycles. The van der Waals surface area contributed by atoms with Gasteiger partial charge in [0.25, 0.3) is 0 Å². The number of pyridine rings is 1. The fourth-order valence-electron chi connectivity index (χ4n) is 7.91. The first-order valence-electron chi connectivity index (χ1n) is 18.2. The van der Waals surface area contributed by atoms with Crippen molar-refractivity contribution in [1.29, 1.82) is 0 Å². The summed E-state index contributed by atoms with van der Waals surface area (Å²) in [7, 11) is 0. The van der Waals surface area contributed by atoms with Gasteiger partial charge in [0.15, 0.2) is 0 Å². The molecule has 0 atom stereocenters. The smallest absolute Gasteiger partial charge is 0.221 e. The fraction of sp³-hybridized carbons (Fsp3) is 0. The van der Waals surface area contributed by atoms with Crippen molar-refractivity contribution >= 4 is 49.4 Å². The molecule has 54 heavy (non-hydrogen) atoms. The lowest BCUT2D eigenvalue weighted by molar-refractivity contribution is 0.979. The Morgan fingerprint density at radius 1 is 0.315 bits per heavy atom. The number of fused-ring (bicyclic) bond motifs is 8. The third-order valence-electron chi connectivity index (χ3n) is 10.5. The van der Waals surface area contributed by atoms with E-state index in [1.807, 2.05) is 18.2 Å². The van der Waals surface area contributed by atoms with Gasteiger partial charge in [-0.1, -0.05) is 133 Å². The van der Waals surface area contributed by atoms with Crippen LogP contribution in [0.5, 0.6) is 0 Å². The Labute approximate surface area is 311 Å². The molecule has 7 aromatic carbocycles. The van der Waals surface area contributed by atoms with E-state index in [9.17, 15) is 0 Å². The molecule has 0 spiro atoms. The molecular formula is C49H31N5. The summed E-state index contributed by atoms with van der Waals surface area (Å²) in [5.74, 6) is 0.820. The molecule has 4 heterocycles. The SMILES string of the molecule is c1ccc(-c2cc(-c3ccccc3)nc(-c3ccc(-c4ccc5c(c4)c4ccccc4n5-c4nc5ccccc5c5nc6ccccc6n45)cc3)c2)cc1. The second-order valence-electron chi connectivity index (χ2n) is 13.7. The van der Waals surface area contributed by atoms with Gasteiger partial charge in [0.2, 0.25) is 5.95 Å². The average Bonchev–Trinajstić information content (AvgIpc) is 3.80. The highest BCUT2D eigenvalue weighted by molar-refractivity contribution is 6.10. The van der Waals surface area contributed by atoms with Crippen LogP contribution in [0.15, 0.2) is 188 Å². The highest BCUT2D eigenvalue weighted by atomic mass is 15.2. The van der Waals surface area contributed by atoms with Crippen LogP contribution in [0.3, 0.4) is 0 Å². The van der Waals surface area contributed by atoms with Crippen molar-refractivity contribution in [2.45, 2.75) is 0 Å². The topological polar surface area (TPSA) is 48.0 Å². The van der Waals surface area contributed by atoms with Crippen LogP contribution in [-0.4, -0.2) is 23.9 Å². The van der Waals surface area contributed by atoms with E-state index >= 15 is 0 Å². The summed E-state index contributed by atoms with van der Waals surface area (Å²) in [6.45, 7) is 0. The second kappa shape index (κ2) is 12.1. The first kappa shape index (κ1) is 30.3. The summed E-state index contributed by atoms with van der Waals surface area (Å²) in [5, 5.41) is 3.38. The van der Waals surface area contributed by atoms with Crippen molar-refractivity contribution in [3.8, 4) is 50.7 Å². The second-order valence-corrected chi connectivity index (χ2v) is 13.7. The number of para-hydroxylation sites is 4. The lowest BCUT2D eigenvalue weighted by Gasteiger charge is -2.13. The van der Waals surface area contributed by atoms with E-state index in [2.05, 4.69) is 179 Å². The van der Waals surface area contributed by atoms with Gasteiger partial charge in [-0.3, -0.25) is 8.97 Å². The van der Waals surface area contributed by atoms with Crippen molar-refractivity contribution in [1.82, 2.24) is 23.9 Å². The first-order valence-corrected chi connectivity index (χ1v) is 18.2. The molecule has 5 nitrogen and oxygen atoms in total. The summed E-state index contributed by atoms with van der Waals surface area (Å²) in [5.41, 5.74) is 14.7. The molecule has 0 amide bonds. The van der Waals surface area contributed by atoms with Gasteiger partial charge in [0.05, 0.1) is 39.0 Å². The van der Waals surface area contributed by atoms with E-state index in [1.54, 1.807) is 0 Å². The Morgan fingerprint density at radius 2 is 0.852 bits per heavy atom. The van der Waals surface area contributed by atoms with E-state index in [0.29, 0.717) is 0 Å². The van der Waals surface area contributed by atoms with Crippen LogP contribution in [0.4, 0.5) is 0 Å². The summed E-state index contributed by atoms with van der Waals surface area (Å²) in [6, 6.07) is 66.1. The quantitative estimate of drug-likeness (QED) is 0.181. The Hall–Kier alpha value is -7.37. The minimum atomic E-state index is 0.820. The fourth-order valence-corrected chi connectivity index (χ4v) is 7.91. The Morgan fingerprint density at radius 3 is 1.61 bits per heavy atom. The van der Waals surface area contributed by atoms with Crippen LogP contribution in [0.2, 0.25) is 0 Å². The van der Waals surface area contributed by atoms with Gasteiger partial charge in [0, 0.05) is 27.3 Å². The summed E-state index contributed by atoms with van der Waals surface area (Å²) in [4.78, 5) is 15.6. The number of aromatic nitrogens is 5. The van der Waals surface area contributed by atoms with Crippen LogP contribution < -0.4 is 0 Å². The summed E-state index contributed by atoms with van der Waals surface area (Å²) in [6.07, 6.45) is 0. The lowest BCUT2D eigenvalue weighted by atomic mass is 9.98. The highest BCUT2D eigenvalue weighted by Gasteiger charge is 2.20. The third-order valence-corrected chi connectivity index (χ3v) is 10.5.